The molecule has 1 aliphatic rings. The summed E-state index contributed by atoms with van der Waals surface area (Å²) >= 11 is 6.46. The Morgan fingerprint density at radius 1 is 1.06 bits per heavy atom. The number of carbonyl (C=O) groups excluding carboxylic acids is 1. The van der Waals surface area contributed by atoms with Crippen molar-refractivity contribution < 1.29 is 14.7 Å². The van der Waals surface area contributed by atoms with Gasteiger partial charge in [-0.3, -0.25) is 19.2 Å². The van der Waals surface area contributed by atoms with Crippen LogP contribution in [0.15, 0.2) is 64.3 Å². The molecule has 1 N–H and O–H groups in total. The summed E-state index contributed by atoms with van der Waals surface area (Å²) in [6.45, 7) is 1.75. The minimum Gasteiger partial charge on any atom is -0.478 e. The third-order valence-electron chi connectivity index (χ3n) is 5.02. The van der Waals surface area contributed by atoms with Gasteiger partial charge in [-0.2, -0.15) is 0 Å². The Morgan fingerprint density at radius 3 is 2.39 bits per heavy atom. The zero-order chi connectivity index (χ0) is 22.3. The Kier molecular flexibility index (Phi) is 5.38. The molecule has 2 aromatic carbocycles. The summed E-state index contributed by atoms with van der Waals surface area (Å²) in [5.41, 5.74) is 1.54. The van der Waals surface area contributed by atoms with Gasteiger partial charge in [-0.1, -0.05) is 60.4 Å². The zero-order valence-corrected chi connectivity index (χ0v) is 18.2. The molecule has 4 rings (SSSR count). The van der Waals surface area contributed by atoms with Gasteiger partial charge < -0.3 is 5.11 Å². The molecule has 0 unspecified atom stereocenters. The van der Waals surface area contributed by atoms with Crippen molar-refractivity contribution in [3.63, 3.8) is 0 Å². The molecule has 3 aromatic rings. The van der Waals surface area contributed by atoms with Gasteiger partial charge in [0.1, 0.15) is 5.69 Å². The van der Waals surface area contributed by atoms with Crippen LogP contribution >= 0.6 is 24.0 Å². The molecule has 156 valence electrons. The Bertz CT molecular complexity index is 1320. The fourth-order valence-corrected chi connectivity index (χ4v) is 4.69. The van der Waals surface area contributed by atoms with Gasteiger partial charge in [0.05, 0.1) is 21.8 Å². The molecule has 9 heteroatoms. The molecular weight excluding hydrogens is 434 g/mol. The standard InChI is InChI=1S/C22H17N3O4S2/c1-13-18(20(27)25(23(13)2)15-9-4-3-5-10-15)24-19(26)17(31-22(24)30)12-14-8-6-7-11-16(14)21(28)29/h3-12H,1-2H3,(H,28,29). The number of carbonyl (C=O) groups is 2. The van der Waals surface area contributed by atoms with Gasteiger partial charge in [-0.25, -0.2) is 9.48 Å². The van der Waals surface area contributed by atoms with E-state index in [1.165, 1.54) is 21.7 Å². The second-order valence-corrected chi connectivity index (χ2v) is 8.50. The number of hydrogen-bond donors (Lipinski definition) is 1. The van der Waals surface area contributed by atoms with E-state index < -0.39 is 11.9 Å². The van der Waals surface area contributed by atoms with Crippen LogP contribution in [0, 0.1) is 6.92 Å². The number of aromatic nitrogens is 2. The molecule has 1 amide bonds. The lowest BCUT2D eigenvalue weighted by Gasteiger charge is -2.12. The summed E-state index contributed by atoms with van der Waals surface area (Å²) in [5.74, 6) is -1.55. The van der Waals surface area contributed by atoms with Crippen molar-refractivity contribution in [3.05, 3.63) is 86.7 Å². The van der Waals surface area contributed by atoms with E-state index in [0.29, 0.717) is 16.9 Å². The van der Waals surface area contributed by atoms with Crippen LogP contribution in [0.25, 0.3) is 11.8 Å². The van der Waals surface area contributed by atoms with E-state index in [-0.39, 0.29) is 26.0 Å². The predicted octanol–water partition coefficient (Wildman–Crippen LogP) is 3.59. The Morgan fingerprint density at radius 2 is 1.71 bits per heavy atom. The van der Waals surface area contributed by atoms with Crippen molar-refractivity contribution in [2.75, 3.05) is 4.90 Å². The van der Waals surface area contributed by atoms with Crippen molar-refractivity contribution in [1.82, 2.24) is 9.36 Å². The number of carboxylic acid groups (broad SMARTS) is 1. The Balaban J connectivity index is 1.80. The maximum absolute atomic E-state index is 13.3. The maximum atomic E-state index is 13.3. The van der Waals surface area contributed by atoms with Gasteiger partial charge >= 0.3 is 5.97 Å². The summed E-state index contributed by atoms with van der Waals surface area (Å²) in [6.07, 6.45) is 1.50. The number of nitrogens with zero attached hydrogens (tertiary/aromatic N) is 3. The van der Waals surface area contributed by atoms with E-state index in [4.69, 9.17) is 12.2 Å². The highest BCUT2D eigenvalue weighted by Crippen LogP contribution is 2.36. The van der Waals surface area contributed by atoms with Crippen LogP contribution in [0.5, 0.6) is 0 Å². The molecule has 7 nitrogen and oxygen atoms in total. The number of para-hydroxylation sites is 1. The highest BCUT2D eigenvalue weighted by atomic mass is 32.2. The average Bonchev–Trinajstić information content (AvgIpc) is 3.14. The number of thioether (sulfide) groups is 1. The lowest BCUT2D eigenvalue weighted by Crippen LogP contribution is -2.33. The third-order valence-corrected chi connectivity index (χ3v) is 6.32. The summed E-state index contributed by atoms with van der Waals surface area (Å²) in [6, 6.07) is 15.5. The number of amides is 1. The molecule has 0 bridgehead atoms. The molecule has 31 heavy (non-hydrogen) atoms. The van der Waals surface area contributed by atoms with E-state index in [0.717, 1.165) is 11.8 Å². The largest absolute Gasteiger partial charge is 0.478 e. The van der Waals surface area contributed by atoms with Crippen LogP contribution in [0.1, 0.15) is 21.6 Å². The van der Waals surface area contributed by atoms with E-state index in [1.54, 1.807) is 49.0 Å². The lowest BCUT2D eigenvalue weighted by molar-refractivity contribution is -0.113. The first-order valence-corrected chi connectivity index (χ1v) is 10.5. The third kappa shape index (κ3) is 3.51. The number of hydrogen-bond acceptors (Lipinski definition) is 5. The highest BCUT2D eigenvalue weighted by Gasteiger charge is 2.37. The van der Waals surface area contributed by atoms with Crippen molar-refractivity contribution in [2.45, 2.75) is 6.92 Å². The van der Waals surface area contributed by atoms with E-state index in [2.05, 4.69) is 0 Å². The number of aromatic carboxylic acids is 1. The SMILES string of the molecule is Cc1c(N2C(=O)C(=Cc3ccccc3C(=O)O)SC2=S)c(=O)n(-c2ccccc2)n1C. The van der Waals surface area contributed by atoms with Gasteiger partial charge in [-0.15, -0.1) is 0 Å². The van der Waals surface area contributed by atoms with Crippen molar-refractivity contribution >= 4 is 51.9 Å². The number of rotatable bonds is 4. The number of thiocarbonyl (C=S) groups is 1. The summed E-state index contributed by atoms with van der Waals surface area (Å²) < 4.78 is 3.37. The second kappa shape index (κ2) is 8.01. The van der Waals surface area contributed by atoms with Crippen molar-refractivity contribution in [3.8, 4) is 5.69 Å². The highest BCUT2D eigenvalue weighted by molar-refractivity contribution is 8.27. The fraction of sp³-hybridized carbons (Fsp3) is 0.0909. The van der Waals surface area contributed by atoms with Gasteiger partial charge in [0, 0.05) is 7.05 Å². The first kappa shape index (κ1) is 20.8. The summed E-state index contributed by atoms with van der Waals surface area (Å²) in [4.78, 5) is 39.5. The van der Waals surface area contributed by atoms with Crippen molar-refractivity contribution in [2.24, 2.45) is 7.05 Å². The quantitative estimate of drug-likeness (QED) is 0.482. The maximum Gasteiger partial charge on any atom is 0.336 e. The van der Waals surface area contributed by atoms with Crippen LogP contribution in [-0.4, -0.2) is 30.7 Å². The molecule has 1 saturated heterocycles. The van der Waals surface area contributed by atoms with Crippen LogP contribution in [0.3, 0.4) is 0 Å². The van der Waals surface area contributed by atoms with Gasteiger partial charge in [-0.05, 0) is 36.8 Å². The molecule has 0 radical (unpaired) electrons. The van der Waals surface area contributed by atoms with E-state index in [1.807, 2.05) is 18.2 Å². The molecule has 0 spiro atoms. The van der Waals surface area contributed by atoms with Crippen LogP contribution in [-0.2, 0) is 11.8 Å². The fourth-order valence-electron chi connectivity index (χ4n) is 3.43. The zero-order valence-electron chi connectivity index (χ0n) is 16.6. The van der Waals surface area contributed by atoms with Gasteiger partial charge in [0.25, 0.3) is 11.5 Å². The summed E-state index contributed by atoms with van der Waals surface area (Å²) in [5, 5.41) is 9.40. The van der Waals surface area contributed by atoms with Gasteiger partial charge in [0.15, 0.2) is 4.32 Å². The first-order valence-electron chi connectivity index (χ1n) is 9.25. The normalized spacial score (nSPS) is 15.2. The topological polar surface area (TPSA) is 84.5 Å². The smallest absolute Gasteiger partial charge is 0.336 e. The molecule has 0 atom stereocenters. The Hall–Kier alpha value is -3.43. The average molecular weight is 452 g/mol. The molecule has 0 saturated carbocycles. The van der Waals surface area contributed by atoms with E-state index >= 15 is 0 Å². The van der Waals surface area contributed by atoms with Crippen LogP contribution in [0.4, 0.5) is 5.69 Å². The molecule has 0 aliphatic carbocycles. The number of carboxylic acids is 1. The minimum absolute atomic E-state index is 0.0788. The first-order chi connectivity index (χ1) is 14.8. The minimum atomic E-state index is -1.09. The second-order valence-electron chi connectivity index (χ2n) is 6.82. The molecule has 1 aromatic heterocycles. The van der Waals surface area contributed by atoms with E-state index in [9.17, 15) is 19.5 Å². The van der Waals surface area contributed by atoms with Gasteiger partial charge in [0.2, 0.25) is 0 Å². The summed E-state index contributed by atoms with van der Waals surface area (Å²) in [7, 11) is 1.74. The van der Waals surface area contributed by atoms with Crippen LogP contribution < -0.4 is 10.5 Å². The molecule has 1 fully saturated rings. The molecule has 1 aliphatic heterocycles. The monoisotopic (exact) mass is 451 g/mol. The number of benzene rings is 2. The number of anilines is 1. The Labute approximate surface area is 187 Å². The lowest BCUT2D eigenvalue weighted by atomic mass is 10.1. The predicted molar refractivity (Wildman–Crippen MR) is 125 cm³/mol. The van der Waals surface area contributed by atoms with Crippen LogP contribution in [0.2, 0.25) is 0 Å². The van der Waals surface area contributed by atoms with Crippen molar-refractivity contribution in [1.29, 1.82) is 0 Å². The molecule has 2 heterocycles. The molecular formula is C22H17N3O4S2.